The second-order valence-electron chi connectivity index (χ2n) is 7.38. The Morgan fingerprint density at radius 1 is 1.28 bits per heavy atom. The molecule has 1 saturated carbocycles. The molecule has 0 radical (unpaired) electrons. The number of halogens is 3. The van der Waals surface area contributed by atoms with Crippen LogP contribution in [0, 0.1) is 18.8 Å². The molecule has 1 aliphatic carbocycles. The van der Waals surface area contributed by atoms with E-state index in [2.05, 4.69) is 15.0 Å². The van der Waals surface area contributed by atoms with Crippen LogP contribution in [0.15, 0.2) is 23.3 Å². The SMILES string of the molecule is Cc1cc(C(F)(F)F)cc(O)c1-c1cnc(C=NC2C3CS(=O)(=O)CC32)c(N)n1. The number of sulfone groups is 1. The van der Waals surface area contributed by atoms with Crippen molar-refractivity contribution in [3.05, 3.63) is 35.2 Å². The number of aryl methyl sites for hydroxylation is 1. The summed E-state index contributed by atoms with van der Waals surface area (Å²) in [5.74, 6) is -0.200. The largest absolute Gasteiger partial charge is 0.507 e. The molecule has 1 aromatic heterocycles. The Morgan fingerprint density at radius 2 is 1.93 bits per heavy atom. The van der Waals surface area contributed by atoms with Gasteiger partial charge in [0.25, 0.3) is 0 Å². The molecule has 0 bridgehead atoms. The molecule has 7 nitrogen and oxygen atoms in total. The molecule has 11 heteroatoms. The first-order valence-corrected chi connectivity index (χ1v) is 10.6. The van der Waals surface area contributed by atoms with Crippen LogP contribution in [0.1, 0.15) is 16.8 Å². The number of nitrogens with two attached hydrogens (primary N) is 1. The lowest BCUT2D eigenvalue weighted by Gasteiger charge is -2.13. The quantitative estimate of drug-likeness (QED) is 0.727. The Hall–Kier alpha value is -2.69. The van der Waals surface area contributed by atoms with Crippen molar-refractivity contribution in [2.75, 3.05) is 17.2 Å². The average molecular weight is 426 g/mol. The third-order valence-corrected chi connectivity index (χ3v) is 7.06. The summed E-state index contributed by atoms with van der Waals surface area (Å²) in [6.07, 6.45) is -1.85. The number of nitrogens with zero attached hydrogens (tertiary/aromatic N) is 3. The van der Waals surface area contributed by atoms with Gasteiger partial charge in [-0.05, 0) is 24.6 Å². The van der Waals surface area contributed by atoms with Crippen LogP contribution in [0.5, 0.6) is 5.75 Å². The summed E-state index contributed by atoms with van der Waals surface area (Å²) < 4.78 is 61.6. The zero-order valence-electron chi connectivity index (χ0n) is 15.2. The summed E-state index contributed by atoms with van der Waals surface area (Å²) >= 11 is 0. The van der Waals surface area contributed by atoms with Gasteiger partial charge in [-0.3, -0.25) is 4.99 Å². The molecule has 1 saturated heterocycles. The molecule has 0 spiro atoms. The summed E-state index contributed by atoms with van der Waals surface area (Å²) in [5.41, 5.74) is 5.64. The van der Waals surface area contributed by atoms with E-state index in [9.17, 15) is 26.7 Å². The first-order chi connectivity index (χ1) is 13.5. The van der Waals surface area contributed by atoms with Crippen LogP contribution < -0.4 is 5.73 Å². The lowest BCUT2D eigenvalue weighted by molar-refractivity contribution is -0.137. The van der Waals surface area contributed by atoms with Crippen molar-refractivity contribution in [1.82, 2.24) is 9.97 Å². The molecule has 2 aliphatic rings. The Bertz CT molecular complexity index is 1090. The minimum Gasteiger partial charge on any atom is -0.507 e. The number of hydrogen-bond acceptors (Lipinski definition) is 7. The van der Waals surface area contributed by atoms with Gasteiger partial charge in [0.2, 0.25) is 0 Å². The van der Waals surface area contributed by atoms with E-state index in [1.807, 2.05) is 0 Å². The fraction of sp³-hybridized carbons (Fsp3) is 0.389. The zero-order chi connectivity index (χ0) is 21.1. The van der Waals surface area contributed by atoms with Gasteiger partial charge < -0.3 is 10.8 Å². The summed E-state index contributed by atoms with van der Waals surface area (Å²) in [5, 5.41) is 10.1. The molecule has 2 heterocycles. The molecular weight excluding hydrogens is 409 g/mol. The Morgan fingerprint density at radius 3 is 2.48 bits per heavy atom. The van der Waals surface area contributed by atoms with E-state index in [0.717, 1.165) is 6.07 Å². The predicted molar refractivity (Wildman–Crippen MR) is 100 cm³/mol. The van der Waals surface area contributed by atoms with Gasteiger partial charge in [-0.15, -0.1) is 0 Å². The molecule has 0 amide bonds. The van der Waals surface area contributed by atoms with E-state index in [1.165, 1.54) is 19.3 Å². The number of phenolic OH excluding ortho intramolecular Hbond substituents is 1. The number of fused-ring (bicyclic) bond motifs is 1. The van der Waals surface area contributed by atoms with E-state index in [-0.39, 0.29) is 57.7 Å². The molecule has 29 heavy (non-hydrogen) atoms. The standard InChI is InChI=1S/C18H17F3N4O3S/c1-8-2-9(18(19,20)21)3-14(26)15(8)12-4-23-13(17(22)25-12)5-24-16-10-6-29(27,28)7-11(10)16/h2-5,10-11,16,26H,6-7H2,1H3,(H2,22,25). The van der Waals surface area contributed by atoms with Crippen LogP contribution in [0.4, 0.5) is 19.0 Å². The first kappa shape index (κ1) is 19.6. The monoisotopic (exact) mass is 426 g/mol. The molecule has 1 aliphatic heterocycles. The zero-order valence-corrected chi connectivity index (χ0v) is 16.0. The van der Waals surface area contributed by atoms with E-state index in [4.69, 9.17) is 5.73 Å². The lowest BCUT2D eigenvalue weighted by atomic mass is 10.0. The smallest absolute Gasteiger partial charge is 0.416 e. The number of benzene rings is 1. The molecule has 2 aromatic rings. The minimum absolute atomic E-state index is 0.00313. The number of nitrogen functional groups attached to an aromatic ring is 1. The first-order valence-electron chi connectivity index (χ1n) is 8.73. The molecule has 4 rings (SSSR count). The second kappa shape index (κ2) is 6.41. The maximum absolute atomic E-state index is 12.9. The summed E-state index contributed by atoms with van der Waals surface area (Å²) in [7, 11) is -2.95. The summed E-state index contributed by atoms with van der Waals surface area (Å²) in [6.45, 7) is 1.43. The van der Waals surface area contributed by atoms with Crippen LogP contribution in [0.2, 0.25) is 0 Å². The van der Waals surface area contributed by atoms with Crippen molar-refractivity contribution >= 4 is 21.9 Å². The highest BCUT2D eigenvalue weighted by molar-refractivity contribution is 7.91. The van der Waals surface area contributed by atoms with Gasteiger partial charge >= 0.3 is 6.18 Å². The Balaban J connectivity index is 1.56. The van der Waals surface area contributed by atoms with Gasteiger partial charge in [0.15, 0.2) is 15.7 Å². The summed E-state index contributed by atoms with van der Waals surface area (Å²) in [4.78, 5) is 12.6. The fourth-order valence-corrected chi connectivity index (χ4v) is 6.00. The van der Waals surface area contributed by atoms with Gasteiger partial charge in [0, 0.05) is 17.4 Å². The number of anilines is 1. The van der Waals surface area contributed by atoms with Crippen molar-refractivity contribution in [2.45, 2.75) is 19.1 Å². The van der Waals surface area contributed by atoms with Crippen LogP contribution in [-0.4, -0.2) is 47.3 Å². The molecule has 2 unspecified atom stereocenters. The predicted octanol–water partition coefficient (Wildman–Crippen LogP) is 2.22. The number of hydrogen-bond donors (Lipinski definition) is 2. The van der Waals surface area contributed by atoms with Gasteiger partial charge in [-0.2, -0.15) is 13.2 Å². The number of phenols is 1. The number of aliphatic imine (C=N–C) groups is 1. The van der Waals surface area contributed by atoms with Gasteiger partial charge in [-0.1, -0.05) is 0 Å². The Kier molecular flexibility index (Phi) is 4.34. The molecule has 2 atom stereocenters. The van der Waals surface area contributed by atoms with Crippen LogP contribution in [0.3, 0.4) is 0 Å². The van der Waals surface area contributed by atoms with Crippen molar-refractivity contribution in [3.63, 3.8) is 0 Å². The lowest BCUT2D eigenvalue weighted by Crippen LogP contribution is -2.11. The van der Waals surface area contributed by atoms with E-state index < -0.39 is 27.3 Å². The van der Waals surface area contributed by atoms with Crippen LogP contribution in [0.25, 0.3) is 11.3 Å². The van der Waals surface area contributed by atoms with Gasteiger partial charge in [0.05, 0.1) is 41.2 Å². The molecule has 2 fully saturated rings. The normalized spacial score (nSPS) is 25.3. The van der Waals surface area contributed by atoms with Crippen molar-refractivity contribution in [3.8, 4) is 17.0 Å². The van der Waals surface area contributed by atoms with E-state index >= 15 is 0 Å². The topological polar surface area (TPSA) is 119 Å². The maximum atomic E-state index is 12.9. The third kappa shape index (κ3) is 3.66. The molecule has 1 aromatic carbocycles. The number of alkyl halides is 3. The summed E-state index contributed by atoms with van der Waals surface area (Å²) in [6, 6.07) is 1.48. The van der Waals surface area contributed by atoms with Crippen molar-refractivity contribution in [1.29, 1.82) is 0 Å². The van der Waals surface area contributed by atoms with Crippen molar-refractivity contribution < 1.29 is 26.7 Å². The highest BCUT2D eigenvalue weighted by Crippen LogP contribution is 2.49. The van der Waals surface area contributed by atoms with Crippen LogP contribution in [-0.2, 0) is 16.0 Å². The van der Waals surface area contributed by atoms with Crippen molar-refractivity contribution in [2.24, 2.45) is 16.8 Å². The molecule has 154 valence electrons. The minimum atomic E-state index is -4.58. The fourth-order valence-electron chi connectivity index (χ4n) is 3.80. The highest BCUT2D eigenvalue weighted by Gasteiger charge is 2.58. The average Bonchev–Trinajstić information content (AvgIpc) is 3.07. The third-order valence-electron chi connectivity index (χ3n) is 5.28. The Labute approximate surface area is 164 Å². The molecule has 3 N–H and O–H groups in total. The number of aromatic hydroxyl groups is 1. The van der Waals surface area contributed by atoms with E-state index in [0.29, 0.717) is 6.07 Å². The van der Waals surface area contributed by atoms with Gasteiger partial charge in [-0.25, -0.2) is 18.4 Å². The second-order valence-corrected chi connectivity index (χ2v) is 9.54. The number of aromatic nitrogens is 2. The number of rotatable bonds is 3. The maximum Gasteiger partial charge on any atom is 0.416 e. The van der Waals surface area contributed by atoms with Crippen LogP contribution >= 0.6 is 0 Å². The highest BCUT2D eigenvalue weighted by atomic mass is 32.2. The van der Waals surface area contributed by atoms with Gasteiger partial charge in [0.1, 0.15) is 11.4 Å². The molecular formula is C18H17F3N4O3S. The van der Waals surface area contributed by atoms with E-state index in [1.54, 1.807) is 0 Å².